The molecule has 2 aromatic carbocycles. The summed E-state index contributed by atoms with van der Waals surface area (Å²) in [5, 5.41) is 3.45. The van der Waals surface area contributed by atoms with Gasteiger partial charge in [0.15, 0.2) is 5.17 Å². The van der Waals surface area contributed by atoms with Gasteiger partial charge in [0.05, 0.1) is 5.69 Å². The van der Waals surface area contributed by atoms with Crippen LogP contribution in [0.15, 0.2) is 65.9 Å². The first-order chi connectivity index (χ1) is 11.9. The molecule has 0 radical (unpaired) electrons. The van der Waals surface area contributed by atoms with E-state index in [1.807, 2.05) is 30.2 Å². The van der Waals surface area contributed by atoms with E-state index in [4.69, 9.17) is 4.99 Å². The molecule has 1 aromatic heterocycles. The molecule has 0 saturated carbocycles. The lowest BCUT2D eigenvalue weighted by atomic mass is 9.95. The van der Waals surface area contributed by atoms with Gasteiger partial charge in [-0.1, -0.05) is 48.2 Å². The summed E-state index contributed by atoms with van der Waals surface area (Å²) in [6.07, 6.45) is 4.87. The van der Waals surface area contributed by atoms with Gasteiger partial charge in [0.1, 0.15) is 0 Å². The topological polar surface area (TPSA) is 28.5 Å². The van der Waals surface area contributed by atoms with Crippen LogP contribution in [-0.2, 0) is 13.0 Å². The van der Waals surface area contributed by atoms with Crippen LogP contribution in [0.1, 0.15) is 11.1 Å². The van der Waals surface area contributed by atoms with Gasteiger partial charge in [-0.3, -0.25) is 4.98 Å². The fraction of sp³-hybridized carbons (Fsp3) is 0.200. The molecule has 1 saturated heterocycles. The standard InChI is InChI=1S/C20H17N3S/c1-2-5-16-12-23-17(10-15(16)4-1)13-24-20(23)22-19-7-3-6-14-8-9-21-11-18(14)19/h1-9,11,17H,10,12-13H2/t17-/m0/s1. The highest BCUT2D eigenvalue weighted by molar-refractivity contribution is 8.14. The molecule has 0 amide bonds. The van der Waals surface area contributed by atoms with Gasteiger partial charge in [0.2, 0.25) is 0 Å². The molecule has 4 heteroatoms. The zero-order valence-corrected chi connectivity index (χ0v) is 14.0. The number of aromatic nitrogens is 1. The number of nitrogens with zero attached hydrogens (tertiary/aromatic N) is 3. The number of hydrogen-bond acceptors (Lipinski definition) is 3. The lowest BCUT2D eigenvalue weighted by Crippen LogP contribution is -2.38. The molecule has 2 aliphatic rings. The molecule has 0 N–H and O–H groups in total. The van der Waals surface area contributed by atoms with E-state index >= 15 is 0 Å². The van der Waals surface area contributed by atoms with Crippen molar-refractivity contribution in [3.05, 3.63) is 72.1 Å². The Balaban J connectivity index is 1.55. The van der Waals surface area contributed by atoms with Crippen LogP contribution < -0.4 is 0 Å². The molecule has 3 nitrogen and oxygen atoms in total. The highest BCUT2D eigenvalue weighted by atomic mass is 32.2. The molecule has 3 aromatic rings. The van der Waals surface area contributed by atoms with Gasteiger partial charge in [-0.25, -0.2) is 4.99 Å². The quantitative estimate of drug-likeness (QED) is 0.662. The Hall–Kier alpha value is -2.33. The van der Waals surface area contributed by atoms with E-state index in [-0.39, 0.29) is 0 Å². The van der Waals surface area contributed by atoms with Crippen LogP contribution in [0.25, 0.3) is 10.8 Å². The zero-order valence-electron chi connectivity index (χ0n) is 13.2. The average molecular weight is 331 g/mol. The molecule has 5 rings (SSSR count). The van der Waals surface area contributed by atoms with Gasteiger partial charge in [0, 0.05) is 36.1 Å². The first-order valence-corrected chi connectivity index (χ1v) is 9.25. The van der Waals surface area contributed by atoms with E-state index in [0.717, 1.165) is 35.0 Å². The minimum absolute atomic E-state index is 0.566. The summed E-state index contributed by atoms with van der Waals surface area (Å²) >= 11 is 1.88. The summed E-state index contributed by atoms with van der Waals surface area (Å²) in [4.78, 5) is 11.8. The number of thioether (sulfide) groups is 1. The van der Waals surface area contributed by atoms with Gasteiger partial charge < -0.3 is 4.90 Å². The maximum atomic E-state index is 5.01. The van der Waals surface area contributed by atoms with Crippen LogP contribution in [0, 0.1) is 0 Å². The molecule has 118 valence electrons. The molecule has 1 atom stereocenters. The van der Waals surface area contributed by atoms with Gasteiger partial charge in [0.25, 0.3) is 0 Å². The molecule has 0 bridgehead atoms. The highest BCUT2D eigenvalue weighted by Crippen LogP contribution is 2.35. The second-order valence-corrected chi connectivity index (χ2v) is 7.32. The molecule has 0 spiro atoms. The van der Waals surface area contributed by atoms with Gasteiger partial charge >= 0.3 is 0 Å². The first kappa shape index (κ1) is 14.1. The molecular formula is C20H17N3S. The molecular weight excluding hydrogens is 314 g/mol. The summed E-state index contributed by atoms with van der Waals surface area (Å²) in [5.41, 5.74) is 3.95. The number of amidine groups is 1. The highest BCUT2D eigenvalue weighted by Gasteiger charge is 2.34. The SMILES string of the molecule is c1ccc2c(c1)C[C@H]1CSC(=Nc3cccc4ccncc34)N1C2. The number of pyridine rings is 1. The van der Waals surface area contributed by atoms with Gasteiger partial charge in [-0.15, -0.1) is 0 Å². The maximum absolute atomic E-state index is 5.01. The fourth-order valence-electron chi connectivity index (χ4n) is 3.61. The predicted molar refractivity (Wildman–Crippen MR) is 101 cm³/mol. The Morgan fingerprint density at radius 1 is 1.04 bits per heavy atom. The number of fused-ring (bicyclic) bond motifs is 3. The van der Waals surface area contributed by atoms with Crippen LogP contribution in [-0.4, -0.2) is 26.8 Å². The van der Waals surface area contributed by atoms with E-state index in [0.29, 0.717) is 6.04 Å². The Kier molecular flexibility index (Phi) is 3.30. The van der Waals surface area contributed by atoms with Crippen LogP contribution in [0.5, 0.6) is 0 Å². The summed E-state index contributed by atoms with van der Waals surface area (Å²) in [6.45, 7) is 0.968. The molecule has 3 heterocycles. The van der Waals surface area contributed by atoms with Crippen LogP contribution in [0.2, 0.25) is 0 Å². The minimum atomic E-state index is 0.566. The van der Waals surface area contributed by atoms with Crippen LogP contribution in [0.3, 0.4) is 0 Å². The number of aliphatic imine (C=N–C) groups is 1. The largest absolute Gasteiger partial charge is 0.343 e. The van der Waals surface area contributed by atoms with Crippen molar-refractivity contribution in [2.75, 3.05) is 5.75 Å². The Bertz CT molecular complexity index is 945. The monoisotopic (exact) mass is 331 g/mol. The third kappa shape index (κ3) is 2.29. The number of hydrogen-bond donors (Lipinski definition) is 0. The molecule has 0 aliphatic carbocycles. The van der Waals surface area contributed by atoms with Crippen molar-refractivity contribution < 1.29 is 0 Å². The molecule has 1 fully saturated rings. The van der Waals surface area contributed by atoms with Crippen molar-refractivity contribution in [2.45, 2.75) is 19.0 Å². The van der Waals surface area contributed by atoms with E-state index in [9.17, 15) is 0 Å². The second kappa shape index (κ2) is 5.64. The predicted octanol–water partition coefficient (Wildman–Crippen LogP) is 4.40. The van der Waals surface area contributed by atoms with Gasteiger partial charge in [-0.2, -0.15) is 0 Å². The van der Waals surface area contributed by atoms with Crippen molar-refractivity contribution in [1.82, 2.24) is 9.88 Å². The third-order valence-electron chi connectivity index (χ3n) is 4.88. The Morgan fingerprint density at radius 2 is 1.96 bits per heavy atom. The van der Waals surface area contributed by atoms with E-state index in [1.165, 1.54) is 16.5 Å². The number of rotatable bonds is 1. The van der Waals surface area contributed by atoms with Crippen molar-refractivity contribution in [1.29, 1.82) is 0 Å². The lowest BCUT2D eigenvalue weighted by molar-refractivity contribution is 0.320. The number of benzene rings is 2. The molecule has 24 heavy (non-hydrogen) atoms. The summed E-state index contributed by atoms with van der Waals surface area (Å²) in [5.74, 6) is 1.12. The van der Waals surface area contributed by atoms with Gasteiger partial charge in [-0.05, 0) is 35.1 Å². The van der Waals surface area contributed by atoms with E-state index in [2.05, 4.69) is 52.3 Å². The maximum Gasteiger partial charge on any atom is 0.165 e. The molecule has 2 aliphatic heterocycles. The average Bonchev–Trinajstić information content (AvgIpc) is 3.02. The zero-order chi connectivity index (χ0) is 15.9. The second-order valence-electron chi connectivity index (χ2n) is 6.33. The smallest absolute Gasteiger partial charge is 0.165 e. The third-order valence-corrected chi connectivity index (χ3v) is 6.02. The summed E-state index contributed by atoms with van der Waals surface area (Å²) < 4.78 is 0. The van der Waals surface area contributed by atoms with Crippen molar-refractivity contribution in [3.8, 4) is 0 Å². The van der Waals surface area contributed by atoms with Crippen LogP contribution in [0.4, 0.5) is 5.69 Å². The molecule has 0 unspecified atom stereocenters. The summed E-state index contributed by atoms with van der Waals surface area (Å²) in [6, 6.07) is 17.7. The fourth-order valence-corrected chi connectivity index (χ4v) is 4.79. The van der Waals surface area contributed by atoms with Crippen molar-refractivity contribution in [3.63, 3.8) is 0 Å². The van der Waals surface area contributed by atoms with Crippen LogP contribution >= 0.6 is 11.8 Å². The van der Waals surface area contributed by atoms with Crippen molar-refractivity contribution in [2.24, 2.45) is 4.99 Å². The Labute approximate surface area is 145 Å². The van der Waals surface area contributed by atoms with Crippen molar-refractivity contribution >= 4 is 33.4 Å². The minimum Gasteiger partial charge on any atom is -0.343 e. The van der Waals surface area contributed by atoms with E-state index < -0.39 is 0 Å². The first-order valence-electron chi connectivity index (χ1n) is 8.26. The Morgan fingerprint density at radius 3 is 2.92 bits per heavy atom. The normalized spacial score (nSPS) is 21.1. The lowest BCUT2D eigenvalue weighted by Gasteiger charge is -2.32. The van der Waals surface area contributed by atoms with E-state index in [1.54, 1.807) is 0 Å². The summed E-state index contributed by atoms with van der Waals surface area (Å²) in [7, 11) is 0.